The monoisotopic (exact) mass is 365 g/mol. The van der Waals surface area contributed by atoms with Crippen LogP contribution in [0.4, 0.5) is 5.69 Å². The van der Waals surface area contributed by atoms with Crippen molar-refractivity contribution in [1.29, 1.82) is 0 Å². The van der Waals surface area contributed by atoms with Crippen LogP contribution in [-0.2, 0) is 11.3 Å². The summed E-state index contributed by atoms with van der Waals surface area (Å²) in [5, 5.41) is 10.9. The first kappa shape index (κ1) is 15.8. The maximum atomic E-state index is 10.8. The Kier molecular flexibility index (Phi) is 5.59. The molecule has 0 saturated carbocycles. The average Bonchev–Trinajstić information content (AvgIpc) is 2.96. The van der Waals surface area contributed by atoms with Crippen molar-refractivity contribution in [2.45, 2.75) is 13.5 Å². The van der Waals surface area contributed by atoms with E-state index in [9.17, 15) is 4.79 Å². The number of carbonyl (C=O) groups is 1. The van der Waals surface area contributed by atoms with Crippen LogP contribution in [0.25, 0.3) is 6.08 Å². The van der Waals surface area contributed by atoms with Crippen LogP contribution < -0.4 is 4.90 Å². The van der Waals surface area contributed by atoms with Crippen LogP contribution in [0.1, 0.15) is 17.4 Å². The minimum Gasteiger partial charge on any atom is -0.478 e. The number of aliphatic carboxylic acids is 1. The van der Waals surface area contributed by atoms with Gasteiger partial charge in [0, 0.05) is 27.7 Å². The molecular weight excluding hydrogens is 350 g/mol. The minimum atomic E-state index is -0.942. The van der Waals surface area contributed by atoms with E-state index in [-0.39, 0.29) is 0 Å². The summed E-state index contributed by atoms with van der Waals surface area (Å²) in [7, 11) is 0. The van der Waals surface area contributed by atoms with Crippen LogP contribution in [0.15, 0.2) is 46.3 Å². The predicted octanol–water partition coefficient (Wildman–Crippen LogP) is 4.63. The second kappa shape index (κ2) is 7.43. The third kappa shape index (κ3) is 4.44. The molecule has 0 aliphatic heterocycles. The minimum absolute atomic E-state index is 0.823. The van der Waals surface area contributed by atoms with Crippen molar-refractivity contribution in [3.05, 3.63) is 56.7 Å². The number of hydrogen-bond donors (Lipinski definition) is 1. The van der Waals surface area contributed by atoms with Crippen molar-refractivity contribution >= 4 is 45.0 Å². The molecule has 21 heavy (non-hydrogen) atoms. The molecule has 0 bridgehead atoms. The second-order valence-corrected chi connectivity index (χ2v) is 6.42. The third-order valence-electron chi connectivity index (χ3n) is 3.04. The Labute approximate surface area is 136 Å². The number of nitrogens with zero attached hydrogens (tertiary/aromatic N) is 1. The predicted molar refractivity (Wildman–Crippen MR) is 91.9 cm³/mol. The Balaban J connectivity index is 2.33. The Morgan fingerprint density at radius 3 is 2.86 bits per heavy atom. The van der Waals surface area contributed by atoms with Crippen molar-refractivity contribution in [3.63, 3.8) is 0 Å². The number of carboxylic acids is 1. The van der Waals surface area contributed by atoms with Crippen molar-refractivity contribution in [1.82, 2.24) is 0 Å². The third-order valence-corrected chi connectivity index (χ3v) is 4.40. The van der Waals surface area contributed by atoms with E-state index in [1.54, 1.807) is 17.4 Å². The van der Waals surface area contributed by atoms with Gasteiger partial charge in [-0.3, -0.25) is 0 Å². The van der Waals surface area contributed by atoms with Crippen LogP contribution in [0.2, 0.25) is 0 Å². The molecule has 0 spiro atoms. The number of halogens is 1. The quantitative estimate of drug-likeness (QED) is 0.758. The van der Waals surface area contributed by atoms with Gasteiger partial charge in [-0.2, -0.15) is 0 Å². The van der Waals surface area contributed by atoms with Crippen molar-refractivity contribution in [3.8, 4) is 0 Å². The molecule has 5 heteroatoms. The molecule has 0 radical (unpaired) electrons. The van der Waals surface area contributed by atoms with Crippen molar-refractivity contribution < 1.29 is 9.90 Å². The van der Waals surface area contributed by atoms with Gasteiger partial charge in [0.1, 0.15) is 0 Å². The molecule has 2 rings (SSSR count). The lowest BCUT2D eigenvalue weighted by Crippen LogP contribution is -2.22. The van der Waals surface area contributed by atoms with Gasteiger partial charge >= 0.3 is 5.97 Å². The largest absolute Gasteiger partial charge is 0.478 e. The SMILES string of the molecule is CCN(Cc1cccs1)c1ccc(Br)cc1/C=C/C(=O)O. The van der Waals surface area contributed by atoms with Crippen LogP contribution in [0, 0.1) is 0 Å². The highest BCUT2D eigenvalue weighted by molar-refractivity contribution is 9.10. The van der Waals surface area contributed by atoms with E-state index in [2.05, 4.69) is 39.2 Å². The molecule has 110 valence electrons. The van der Waals surface area contributed by atoms with Gasteiger partial charge in [0.15, 0.2) is 0 Å². The number of thiophene rings is 1. The molecule has 0 atom stereocenters. The summed E-state index contributed by atoms with van der Waals surface area (Å²) >= 11 is 5.16. The molecule has 1 heterocycles. The molecule has 1 aromatic carbocycles. The Hall–Kier alpha value is -1.59. The maximum absolute atomic E-state index is 10.8. The fourth-order valence-corrected chi connectivity index (χ4v) is 3.16. The molecule has 0 fully saturated rings. The van der Waals surface area contributed by atoms with Gasteiger partial charge in [-0.15, -0.1) is 11.3 Å². The number of rotatable bonds is 6. The molecule has 0 amide bonds. The molecule has 0 aliphatic carbocycles. The molecule has 0 unspecified atom stereocenters. The van der Waals surface area contributed by atoms with Gasteiger partial charge < -0.3 is 10.0 Å². The Morgan fingerprint density at radius 2 is 2.24 bits per heavy atom. The summed E-state index contributed by atoms with van der Waals surface area (Å²) < 4.78 is 0.934. The first-order chi connectivity index (χ1) is 10.1. The molecule has 0 saturated heterocycles. The van der Waals surface area contributed by atoms with Gasteiger partial charge in [-0.25, -0.2) is 4.79 Å². The fourth-order valence-electron chi connectivity index (χ4n) is 2.07. The Morgan fingerprint density at radius 1 is 1.43 bits per heavy atom. The summed E-state index contributed by atoms with van der Waals surface area (Å²) in [6.45, 7) is 3.78. The zero-order chi connectivity index (χ0) is 15.2. The lowest BCUT2D eigenvalue weighted by Gasteiger charge is -2.24. The maximum Gasteiger partial charge on any atom is 0.328 e. The van der Waals surface area contributed by atoms with E-state index in [4.69, 9.17) is 5.11 Å². The zero-order valence-corrected chi connectivity index (χ0v) is 14.0. The van der Waals surface area contributed by atoms with E-state index < -0.39 is 5.97 Å². The van der Waals surface area contributed by atoms with Gasteiger partial charge in [-0.1, -0.05) is 22.0 Å². The molecule has 1 N–H and O–H groups in total. The second-order valence-electron chi connectivity index (χ2n) is 4.47. The zero-order valence-electron chi connectivity index (χ0n) is 11.6. The van der Waals surface area contributed by atoms with Crippen LogP contribution in [0.5, 0.6) is 0 Å². The lowest BCUT2D eigenvalue weighted by atomic mass is 10.1. The summed E-state index contributed by atoms with van der Waals surface area (Å²) in [5.74, 6) is -0.942. The Bertz CT molecular complexity index is 638. The topological polar surface area (TPSA) is 40.5 Å². The normalized spacial score (nSPS) is 11.0. The summed E-state index contributed by atoms with van der Waals surface area (Å²) in [4.78, 5) is 14.3. The smallest absolute Gasteiger partial charge is 0.328 e. The first-order valence-corrected chi connectivity index (χ1v) is 8.25. The lowest BCUT2D eigenvalue weighted by molar-refractivity contribution is -0.131. The van der Waals surface area contributed by atoms with Crippen LogP contribution in [-0.4, -0.2) is 17.6 Å². The summed E-state index contributed by atoms with van der Waals surface area (Å²) in [6, 6.07) is 10.1. The van der Waals surface area contributed by atoms with E-state index in [0.717, 1.165) is 28.8 Å². The molecular formula is C16H16BrNO2S. The van der Waals surface area contributed by atoms with E-state index in [0.29, 0.717) is 0 Å². The fraction of sp³-hybridized carbons (Fsp3) is 0.188. The van der Waals surface area contributed by atoms with Crippen molar-refractivity contribution in [2.75, 3.05) is 11.4 Å². The number of carboxylic acid groups (broad SMARTS) is 1. The standard InChI is InChI=1S/C16H16BrNO2S/c1-2-18(11-14-4-3-9-21-14)15-7-6-13(17)10-12(15)5-8-16(19)20/h3-10H,2,11H2,1H3,(H,19,20)/b8-5+. The summed E-state index contributed by atoms with van der Waals surface area (Å²) in [6.07, 6.45) is 2.81. The average molecular weight is 366 g/mol. The molecule has 0 aliphatic rings. The molecule has 2 aromatic rings. The van der Waals surface area contributed by atoms with Gasteiger partial charge in [0.25, 0.3) is 0 Å². The van der Waals surface area contributed by atoms with Gasteiger partial charge in [0.2, 0.25) is 0 Å². The van der Waals surface area contributed by atoms with Crippen LogP contribution in [0.3, 0.4) is 0 Å². The first-order valence-electron chi connectivity index (χ1n) is 6.58. The highest BCUT2D eigenvalue weighted by Gasteiger charge is 2.10. The number of hydrogen-bond acceptors (Lipinski definition) is 3. The van der Waals surface area contributed by atoms with E-state index >= 15 is 0 Å². The highest BCUT2D eigenvalue weighted by Crippen LogP contribution is 2.28. The van der Waals surface area contributed by atoms with Gasteiger partial charge in [-0.05, 0) is 48.2 Å². The van der Waals surface area contributed by atoms with E-state index in [1.807, 2.05) is 24.3 Å². The molecule has 1 aromatic heterocycles. The number of anilines is 1. The number of benzene rings is 1. The summed E-state index contributed by atoms with van der Waals surface area (Å²) in [5.41, 5.74) is 1.93. The molecule has 3 nitrogen and oxygen atoms in total. The van der Waals surface area contributed by atoms with Crippen LogP contribution >= 0.6 is 27.3 Å². The highest BCUT2D eigenvalue weighted by atomic mass is 79.9. The van der Waals surface area contributed by atoms with E-state index in [1.165, 1.54) is 11.0 Å². The van der Waals surface area contributed by atoms with Gasteiger partial charge in [0.05, 0.1) is 6.54 Å². The van der Waals surface area contributed by atoms with Crippen molar-refractivity contribution in [2.24, 2.45) is 0 Å².